The minimum absolute atomic E-state index is 0.346. The van der Waals surface area contributed by atoms with E-state index < -0.39 is 0 Å². The van der Waals surface area contributed by atoms with E-state index in [1.54, 1.807) is 14.2 Å². The quantitative estimate of drug-likeness (QED) is 0.766. The summed E-state index contributed by atoms with van der Waals surface area (Å²) >= 11 is 6.17. The highest BCUT2D eigenvalue weighted by molar-refractivity contribution is 6.32. The van der Waals surface area contributed by atoms with Gasteiger partial charge in [0.15, 0.2) is 0 Å². The van der Waals surface area contributed by atoms with Gasteiger partial charge in [-0.1, -0.05) is 18.5 Å². The third-order valence-corrected chi connectivity index (χ3v) is 3.75. The van der Waals surface area contributed by atoms with E-state index in [-0.39, 0.29) is 0 Å². The van der Waals surface area contributed by atoms with Crippen molar-refractivity contribution in [2.24, 2.45) is 0 Å². The van der Waals surface area contributed by atoms with Gasteiger partial charge in [0.05, 0.1) is 31.5 Å². The first-order valence-corrected chi connectivity index (χ1v) is 6.51. The van der Waals surface area contributed by atoms with E-state index in [0.29, 0.717) is 28.9 Å². The van der Waals surface area contributed by atoms with E-state index in [9.17, 15) is 0 Å². The van der Waals surface area contributed by atoms with Crippen LogP contribution in [0.25, 0.3) is 0 Å². The Balaban J connectivity index is 2.22. The summed E-state index contributed by atoms with van der Waals surface area (Å²) in [5.74, 6) is 1.80. The highest BCUT2D eigenvalue weighted by Crippen LogP contribution is 2.40. The van der Waals surface area contributed by atoms with Crippen LogP contribution >= 0.6 is 11.6 Å². The Morgan fingerprint density at radius 1 is 1.28 bits per heavy atom. The summed E-state index contributed by atoms with van der Waals surface area (Å²) < 4.78 is 16.1. The largest absolute Gasteiger partial charge is 0.496 e. The predicted octanol–water partition coefficient (Wildman–Crippen LogP) is 3.64. The molecule has 0 saturated carbocycles. The monoisotopic (exact) mass is 270 g/mol. The Morgan fingerprint density at radius 3 is 2.39 bits per heavy atom. The standard InChI is InChI=1S/C14H19ClO3/c1-8(5-12-9(2)18-12)10-6-11(15)14(17-4)7-13(10)16-3/h6-9,12H,5H2,1-4H3. The molecule has 1 fully saturated rings. The summed E-state index contributed by atoms with van der Waals surface area (Å²) in [5.41, 5.74) is 1.10. The first-order valence-electron chi connectivity index (χ1n) is 6.13. The molecule has 1 aliphatic rings. The Bertz CT molecular complexity index is 433. The number of ether oxygens (including phenoxy) is 3. The lowest BCUT2D eigenvalue weighted by atomic mass is 9.94. The molecule has 3 atom stereocenters. The molecule has 1 heterocycles. The Morgan fingerprint density at radius 2 is 1.89 bits per heavy atom. The number of hydrogen-bond donors (Lipinski definition) is 0. The minimum atomic E-state index is 0.346. The highest BCUT2D eigenvalue weighted by atomic mass is 35.5. The molecule has 0 N–H and O–H groups in total. The van der Waals surface area contributed by atoms with Crippen molar-refractivity contribution in [2.75, 3.05) is 14.2 Å². The van der Waals surface area contributed by atoms with Gasteiger partial charge in [0.1, 0.15) is 11.5 Å². The molecule has 0 aliphatic carbocycles. The van der Waals surface area contributed by atoms with Gasteiger partial charge in [-0.15, -0.1) is 0 Å². The summed E-state index contributed by atoms with van der Waals surface area (Å²) in [6, 6.07) is 3.77. The second-order valence-electron chi connectivity index (χ2n) is 4.75. The molecule has 0 radical (unpaired) electrons. The van der Waals surface area contributed by atoms with E-state index in [0.717, 1.165) is 17.7 Å². The fourth-order valence-corrected chi connectivity index (χ4v) is 2.47. The Labute approximate surface area is 113 Å². The van der Waals surface area contributed by atoms with Crippen LogP contribution in [0, 0.1) is 0 Å². The lowest BCUT2D eigenvalue weighted by molar-refractivity contribution is 0.357. The molecular formula is C14H19ClO3. The maximum Gasteiger partial charge on any atom is 0.141 e. The summed E-state index contributed by atoms with van der Waals surface area (Å²) in [7, 11) is 3.26. The lowest BCUT2D eigenvalue weighted by Crippen LogP contribution is -2.03. The molecule has 0 aromatic heterocycles. The molecule has 18 heavy (non-hydrogen) atoms. The zero-order chi connectivity index (χ0) is 13.3. The molecule has 0 bridgehead atoms. The van der Waals surface area contributed by atoms with Crippen LogP contribution in [0.5, 0.6) is 11.5 Å². The minimum Gasteiger partial charge on any atom is -0.496 e. The third kappa shape index (κ3) is 2.73. The van der Waals surface area contributed by atoms with Gasteiger partial charge in [-0.2, -0.15) is 0 Å². The van der Waals surface area contributed by atoms with Crippen LogP contribution in [-0.2, 0) is 4.74 Å². The molecule has 0 spiro atoms. The van der Waals surface area contributed by atoms with Crippen molar-refractivity contribution in [1.29, 1.82) is 0 Å². The van der Waals surface area contributed by atoms with E-state index >= 15 is 0 Å². The first-order chi connectivity index (χ1) is 8.56. The Hall–Kier alpha value is -0.930. The number of epoxide rings is 1. The number of methoxy groups -OCH3 is 2. The number of benzene rings is 1. The predicted molar refractivity (Wildman–Crippen MR) is 71.9 cm³/mol. The number of rotatable bonds is 5. The van der Waals surface area contributed by atoms with Crippen LogP contribution in [0.3, 0.4) is 0 Å². The van der Waals surface area contributed by atoms with Crippen LogP contribution in [-0.4, -0.2) is 26.4 Å². The van der Waals surface area contributed by atoms with Gasteiger partial charge in [0.2, 0.25) is 0 Å². The van der Waals surface area contributed by atoms with Crippen molar-refractivity contribution in [3.05, 3.63) is 22.7 Å². The fourth-order valence-electron chi connectivity index (χ4n) is 2.22. The van der Waals surface area contributed by atoms with Crippen LogP contribution in [0.2, 0.25) is 5.02 Å². The van der Waals surface area contributed by atoms with E-state index in [1.165, 1.54) is 0 Å². The van der Waals surface area contributed by atoms with Gasteiger partial charge in [0.25, 0.3) is 0 Å². The summed E-state index contributed by atoms with van der Waals surface area (Å²) in [6.07, 6.45) is 1.73. The summed E-state index contributed by atoms with van der Waals surface area (Å²) in [6.45, 7) is 4.25. The van der Waals surface area contributed by atoms with Crippen molar-refractivity contribution in [3.8, 4) is 11.5 Å². The van der Waals surface area contributed by atoms with Crippen LogP contribution < -0.4 is 9.47 Å². The molecule has 1 aromatic rings. The van der Waals surface area contributed by atoms with Gasteiger partial charge in [0, 0.05) is 6.07 Å². The van der Waals surface area contributed by atoms with Gasteiger partial charge in [-0.05, 0) is 30.9 Å². The zero-order valence-electron chi connectivity index (χ0n) is 11.2. The number of hydrogen-bond acceptors (Lipinski definition) is 3. The van der Waals surface area contributed by atoms with E-state index in [1.807, 2.05) is 12.1 Å². The van der Waals surface area contributed by atoms with Crippen LogP contribution in [0.15, 0.2) is 12.1 Å². The van der Waals surface area contributed by atoms with E-state index in [2.05, 4.69) is 13.8 Å². The zero-order valence-corrected chi connectivity index (χ0v) is 12.0. The molecule has 100 valence electrons. The van der Waals surface area contributed by atoms with Gasteiger partial charge in [-0.3, -0.25) is 0 Å². The van der Waals surface area contributed by atoms with E-state index in [4.69, 9.17) is 25.8 Å². The second kappa shape index (κ2) is 5.37. The van der Waals surface area contributed by atoms with Crippen LogP contribution in [0.1, 0.15) is 31.7 Å². The van der Waals surface area contributed by atoms with Gasteiger partial charge < -0.3 is 14.2 Å². The van der Waals surface area contributed by atoms with Crippen LogP contribution in [0.4, 0.5) is 0 Å². The summed E-state index contributed by atoms with van der Waals surface area (Å²) in [4.78, 5) is 0. The third-order valence-electron chi connectivity index (χ3n) is 3.46. The summed E-state index contributed by atoms with van der Waals surface area (Å²) in [5, 5.41) is 0.616. The number of halogens is 1. The molecule has 0 amide bonds. The first kappa shape index (κ1) is 13.5. The SMILES string of the molecule is COc1cc(OC)c(C(C)CC2OC2C)cc1Cl. The Kier molecular flexibility index (Phi) is 4.03. The van der Waals surface area contributed by atoms with Gasteiger partial charge in [-0.25, -0.2) is 0 Å². The second-order valence-corrected chi connectivity index (χ2v) is 5.15. The van der Waals surface area contributed by atoms with Crippen molar-refractivity contribution in [3.63, 3.8) is 0 Å². The topological polar surface area (TPSA) is 31.0 Å². The molecule has 1 saturated heterocycles. The lowest BCUT2D eigenvalue weighted by Gasteiger charge is -2.17. The normalized spacial score (nSPS) is 23.6. The smallest absolute Gasteiger partial charge is 0.141 e. The molecular weight excluding hydrogens is 252 g/mol. The van der Waals surface area contributed by atoms with Crippen molar-refractivity contribution >= 4 is 11.6 Å². The molecule has 3 unspecified atom stereocenters. The maximum absolute atomic E-state index is 6.17. The molecule has 1 aliphatic heterocycles. The molecule has 3 nitrogen and oxygen atoms in total. The fraction of sp³-hybridized carbons (Fsp3) is 0.571. The van der Waals surface area contributed by atoms with Crippen molar-refractivity contribution in [1.82, 2.24) is 0 Å². The molecule has 4 heteroatoms. The highest BCUT2D eigenvalue weighted by Gasteiger charge is 2.35. The average molecular weight is 271 g/mol. The molecule has 2 rings (SSSR count). The van der Waals surface area contributed by atoms with Crippen molar-refractivity contribution < 1.29 is 14.2 Å². The van der Waals surface area contributed by atoms with Crippen molar-refractivity contribution in [2.45, 2.75) is 38.4 Å². The van der Waals surface area contributed by atoms with Gasteiger partial charge >= 0.3 is 0 Å². The average Bonchev–Trinajstić information content (AvgIpc) is 3.04. The maximum atomic E-state index is 6.17. The molecule has 1 aromatic carbocycles.